The maximum atomic E-state index is 12.7. The second-order valence-corrected chi connectivity index (χ2v) is 6.48. The number of aromatic nitrogens is 1. The zero-order valence-corrected chi connectivity index (χ0v) is 14.7. The van der Waals surface area contributed by atoms with Crippen LogP contribution in [0, 0.1) is 0 Å². The molecule has 0 saturated carbocycles. The predicted octanol–water partition coefficient (Wildman–Crippen LogP) is 2.07. The van der Waals surface area contributed by atoms with Gasteiger partial charge in [-0.05, 0) is 36.8 Å². The van der Waals surface area contributed by atoms with Crippen LogP contribution < -0.4 is 4.90 Å². The molecule has 0 unspecified atom stereocenters. The van der Waals surface area contributed by atoms with Gasteiger partial charge < -0.3 is 19.7 Å². The molecule has 6 nitrogen and oxygen atoms in total. The molecule has 3 rings (SSSR count). The van der Waals surface area contributed by atoms with Gasteiger partial charge in [0.15, 0.2) is 0 Å². The lowest BCUT2D eigenvalue weighted by molar-refractivity contribution is 0.0719. The van der Waals surface area contributed by atoms with Gasteiger partial charge in [0.25, 0.3) is 11.8 Å². The Morgan fingerprint density at radius 1 is 0.880 bits per heavy atom. The van der Waals surface area contributed by atoms with Crippen LogP contribution in [0.15, 0.2) is 42.7 Å². The zero-order valence-electron chi connectivity index (χ0n) is 14.7. The summed E-state index contributed by atoms with van der Waals surface area (Å²) >= 11 is 0. The lowest BCUT2D eigenvalue weighted by Crippen LogP contribution is -2.37. The Labute approximate surface area is 148 Å². The van der Waals surface area contributed by atoms with Crippen LogP contribution in [0.5, 0.6) is 0 Å². The molecular weight excluding hydrogens is 316 g/mol. The first-order valence-electron chi connectivity index (χ1n) is 8.55. The molecule has 1 aliphatic rings. The minimum Gasteiger partial charge on any atom is -0.378 e. The summed E-state index contributed by atoms with van der Waals surface area (Å²) in [5.41, 5.74) is 2.42. The van der Waals surface area contributed by atoms with Crippen molar-refractivity contribution in [2.45, 2.75) is 6.42 Å². The second-order valence-electron chi connectivity index (χ2n) is 6.48. The summed E-state index contributed by atoms with van der Waals surface area (Å²) in [6, 6.07) is 9.42. The number of benzene rings is 1. The van der Waals surface area contributed by atoms with Gasteiger partial charge in [-0.1, -0.05) is 0 Å². The molecule has 132 valence electrons. The molecular formula is C19H24N4O2. The third-order valence-corrected chi connectivity index (χ3v) is 4.55. The van der Waals surface area contributed by atoms with Crippen LogP contribution in [0.1, 0.15) is 27.1 Å². The number of hydrogen-bond acceptors (Lipinski definition) is 3. The number of aromatic amines is 1. The van der Waals surface area contributed by atoms with E-state index in [1.54, 1.807) is 18.5 Å². The minimum absolute atomic E-state index is 0.0193. The summed E-state index contributed by atoms with van der Waals surface area (Å²) in [6.07, 6.45) is 4.25. The first-order chi connectivity index (χ1) is 12.1. The molecule has 2 amide bonds. The number of amides is 2. The summed E-state index contributed by atoms with van der Waals surface area (Å²) in [4.78, 5) is 33.8. The number of carbonyl (C=O) groups is 2. The van der Waals surface area contributed by atoms with Gasteiger partial charge in [0.1, 0.15) is 0 Å². The van der Waals surface area contributed by atoms with Crippen LogP contribution in [0.4, 0.5) is 5.69 Å². The molecule has 0 atom stereocenters. The minimum atomic E-state index is 0.0193. The van der Waals surface area contributed by atoms with E-state index in [9.17, 15) is 9.59 Å². The van der Waals surface area contributed by atoms with Crippen LogP contribution in [0.25, 0.3) is 0 Å². The molecule has 25 heavy (non-hydrogen) atoms. The predicted molar refractivity (Wildman–Crippen MR) is 98.0 cm³/mol. The van der Waals surface area contributed by atoms with E-state index in [1.807, 2.05) is 53.1 Å². The van der Waals surface area contributed by atoms with Crippen LogP contribution in [-0.2, 0) is 0 Å². The Balaban J connectivity index is 1.64. The van der Waals surface area contributed by atoms with E-state index in [0.717, 1.165) is 12.1 Å². The SMILES string of the molecule is CN(C)c1ccc(C(=O)N2CCCN(C(=O)c3cc[nH]c3)CC2)cc1. The third-order valence-electron chi connectivity index (χ3n) is 4.55. The molecule has 1 aliphatic heterocycles. The zero-order chi connectivity index (χ0) is 17.8. The first-order valence-corrected chi connectivity index (χ1v) is 8.55. The van der Waals surface area contributed by atoms with Crippen molar-refractivity contribution in [1.29, 1.82) is 0 Å². The van der Waals surface area contributed by atoms with Crippen molar-refractivity contribution in [2.75, 3.05) is 45.2 Å². The van der Waals surface area contributed by atoms with Gasteiger partial charge in [0, 0.05) is 63.9 Å². The lowest BCUT2D eigenvalue weighted by Gasteiger charge is -2.22. The van der Waals surface area contributed by atoms with Crippen molar-refractivity contribution in [1.82, 2.24) is 14.8 Å². The standard InChI is InChI=1S/C19H24N4O2/c1-21(2)17-6-4-15(5-7-17)18(24)22-10-3-11-23(13-12-22)19(25)16-8-9-20-14-16/h4-9,14,20H,3,10-13H2,1-2H3. The molecule has 0 bridgehead atoms. The van der Waals surface area contributed by atoms with Crippen molar-refractivity contribution in [3.05, 3.63) is 53.9 Å². The van der Waals surface area contributed by atoms with Crippen molar-refractivity contribution < 1.29 is 9.59 Å². The maximum absolute atomic E-state index is 12.7. The number of H-pyrrole nitrogens is 1. The highest BCUT2D eigenvalue weighted by atomic mass is 16.2. The smallest absolute Gasteiger partial charge is 0.255 e. The molecule has 2 heterocycles. The maximum Gasteiger partial charge on any atom is 0.255 e. The van der Waals surface area contributed by atoms with Gasteiger partial charge in [-0.25, -0.2) is 0 Å². The molecule has 0 radical (unpaired) electrons. The lowest BCUT2D eigenvalue weighted by atomic mass is 10.1. The molecule has 1 N–H and O–H groups in total. The summed E-state index contributed by atoms with van der Waals surface area (Å²) in [5, 5.41) is 0. The molecule has 1 aromatic carbocycles. The number of anilines is 1. The van der Waals surface area contributed by atoms with Crippen molar-refractivity contribution in [3.8, 4) is 0 Å². The van der Waals surface area contributed by atoms with Gasteiger partial charge in [-0.15, -0.1) is 0 Å². The number of rotatable bonds is 3. The molecule has 1 fully saturated rings. The Morgan fingerprint density at radius 2 is 1.48 bits per heavy atom. The van der Waals surface area contributed by atoms with E-state index in [2.05, 4.69) is 4.98 Å². The van der Waals surface area contributed by atoms with Crippen molar-refractivity contribution in [2.24, 2.45) is 0 Å². The first kappa shape index (κ1) is 17.1. The quantitative estimate of drug-likeness (QED) is 0.930. The Kier molecular flexibility index (Phi) is 5.07. The van der Waals surface area contributed by atoms with Crippen LogP contribution in [0.3, 0.4) is 0 Å². The molecule has 1 aromatic heterocycles. The van der Waals surface area contributed by atoms with Crippen molar-refractivity contribution >= 4 is 17.5 Å². The average molecular weight is 340 g/mol. The third kappa shape index (κ3) is 3.84. The van der Waals surface area contributed by atoms with E-state index >= 15 is 0 Å². The van der Waals surface area contributed by atoms with E-state index < -0.39 is 0 Å². The second kappa shape index (κ2) is 7.42. The van der Waals surface area contributed by atoms with Crippen LogP contribution in [-0.4, -0.2) is 66.9 Å². The topological polar surface area (TPSA) is 59.7 Å². The molecule has 1 saturated heterocycles. The fraction of sp³-hybridized carbons (Fsp3) is 0.368. The fourth-order valence-corrected chi connectivity index (χ4v) is 3.05. The Hall–Kier alpha value is -2.76. The van der Waals surface area contributed by atoms with Gasteiger partial charge in [-0.2, -0.15) is 0 Å². The van der Waals surface area contributed by atoms with E-state index in [0.29, 0.717) is 37.3 Å². The van der Waals surface area contributed by atoms with Gasteiger partial charge >= 0.3 is 0 Å². The van der Waals surface area contributed by atoms with Crippen LogP contribution in [0.2, 0.25) is 0 Å². The van der Waals surface area contributed by atoms with Crippen LogP contribution >= 0.6 is 0 Å². The molecule has 0 aliphatic carbocycles. The highest BCUT2D eigenvalue weighted by molar-refractivity contribution is 5.95. The number of hydrogen-bond donors (Lipinski definition) is 1. The van der Waals surface area contributed by atoms with Crippen molar-refractivity contribution in [3.63, 3.8) is 0 Å². The Bertz CT molecular complexity index is 722. The molecule has 2 aromatic rings. The summed E-state index contributed by atoms with van der Waals surface area (Å²) < 4.78 is 0. The highest BCUT2D eigenvalue weighted by Crippen LogP contribution is 2.15. The fourth-order valence-electron chi connectivity index (χ4n) is 3.05. The van der Waals surface area contributed by atoms with E-state index in [1.165, 1.54) is 0 Å². The van der Waals surface area contributed by atoms with Gasteiger partial charge in [0.2, 0.25) is 0 Å². The summed E-state index contributed by atoms with van der Waals surface area (Å²) in [5.74, 6) is 0.0483. The van der Waals surface area contributed by atoms with Gasteiger partial charge in [0.05, 0.1) is 5.56 Å². The normalized spacial score (nSPS) is 15.0. The number of nitrogens with one attached hydrogen (secondary N) is 1. The number of carbonyl (C=O) groups excluding carboxylic acids is 2. The molecule has 0 spiro atoms. The Morgan fingerprint density at radius 3 is 2.00 bits per heavy atom. The average Bonchev–Trinajstić information content (AvgIpc) is 3.05. The summed E-state index contributed by atoms with van der Waals surface area (Å²) in [7, 11) is 3.95. The summed E-state index contributed by atoms with van der Waals surface area (Å²) in [6.45, 7) is 2.47. The number of nitrogens with zero attached hydrogens (tertiary/aromatic N) is 3. The highest BCUT2D eigenvalue weighted by Gasteiger charge is 2.23. The molecule has 6 heteroatoms. The van der Waals surface area contributed by atoms with E-state index in [4.69, 9.17) is 0 Å². The largest absolute Gasteiger partial charge is 0.378 e. The van der Waals surface area contributed by atoms with E-state index in [-0.39, 0.29) is 11.8 Å². The van der Waals surface area contributed by atoms with Gasteiger partial charge in [-0.3, -0.25) is 9.59 Å². The monoisotopic (exact) mass is 340 g/mol.